The van der Waals surface area contributed by atoms with Gasteiger partial charge in [-0.05, 0) is 13.0 Å². The van der Waals surface area contributed by atoms with Gasteiger partial charge in [-0.25, -0.2) is 14.8 Å². The molecule has 1 fully saturated rings. The van der Waals surface area contributed by atoms with Crippen LogP contribution in [0.25, 0.3) is 10.9 Å². The van der Waals surface area contributed by atoms with Gasteiger partial charge in [-0.15, -0.1) is 0 Å². The van der Waals surface area contributed by atoms with Gasteiger partial charge >= 0.3 is 6.03 Å². The van der Waals surface area contributed by atoms with Gasteiger partial charge in [-0.2, -0.15) is 0 Å². The maximum absolute atomic E-state index is 12.0. The lowest BCUT2D eigenvalue weighted by Crippen LogP contribution is -2.39. The number of urea groups is 1. The average molecular weight is 375 g/mol. The molecule has 3 amide bonds. The van der Waals surface area contributed by atoms with Gasteiger partial charge in [0.15, 0.2) is 0 Å². The summed E-state index contributed by atoms with van der Waals surface area (Å²) in [5, 5.41) is 3.18. The second-order valence-electron chi connectivity index (χ2n) is 5.96. The van der Waals surface area contributed by atoms with Crippen molar-refractivity contribution in [1.29, 1.82) is 0 Å². The van der Waals surface area contributed by atoms with Crippen LogP contribution < -0.4 is 11.1 Å². The first-order valence-electron chi connectivity index (χ1n) is 8.35. The molecule has 0 saturated carbocycles. The molecule has 1 aliphatic heterocycles. The molecule has 0 spiro atoms. The zero-order valence-corrected chi connectivity index (χ0v) is 15.3. The predicted octanol–water partition coefficient (Wildman–Crippen LogP) is 1.14. The van der Waals surface area contributed by atoms with Crippen LogP contribution in [0.4, 0.5) is 4.79 Å². The number of primary amides is 1. The van der Waals surface area contributed by atoms with Gasteiger partial charge in [0.2, 0.25) is 5.91 Å². The first-order chi connectivity index (χ1) is 12.5. The quantitative estimate of drug-likeness (QED) is 0.595. The molecule has 0 radical (unpaired) electrons. The van der Waals surface area contributed by atoms with E-state index >= 15 is 0 Å². The average Bonchev–Trinajstić information content (AvgIpc) is 2.62. The zero-order valence-electron chi connectivity index (χ0n) is 14.5. The lowest BCUT2D eigenvalue weighted by atomic mass is 10.2. The highest BCUT2D eigenvalue weighted by molar-refractivity contribution is 8.00. The standard InChI is InChI=1S/C17H21N5O3S/c1-11(15(23)21-17(18)24)26-16-12-4-2-3-5-13(12)19-14(20-16)10-22-6-8-25-9-7-22/h2-5,11H,6-10H2,1H3,(H3,18,21,23,24). The van der Waals surface area contributed by atoms with Crippen LogP contribution >= 0.6 is 11.8 Å². The number of rotatable bonds is 5. The molecule has 1 atom stereocenters. The van der Waals surface area contributed by atoms with Crippen LogP contribution in [0.1, 0.15) is 12.7 Å². The molecule has 1 unspecified atom stereocenters. The van der Waals surface area contributed by atoms with Crippen molar-refractivity contribution in [2.45, 2.75) is 23.7 Å². The molecule has 0 aliphatic carbocycles. The van der Waals surface area contributed by atoms with Gasteiger partial charge in [-0.3, -0.25) is 15.0 Å². The minimum Gasteiger partial charge on any atom is -0.379 e. The number of imide groups is 1. The Kier molecular flexibility index (Phi) is 6.02. The van der Waals surface area contributed by atoms with E-state index in [-0.39, 0.29) is 0 Å². The Bertz CT molecular complexity index is 810. The highest BCUT2D eigenvalue weighted by Crippen LogP contribution is 2.29. The van der Waals surface area contributed by atoms with Crippen molar-refractivity contribution in [2.24, 2.45) is 5.73 Å². The van der Waals surface area contributed by atoms with Crippen LogP contribution in [0.2, 0.25) is 0 Å². The molecule has 1 aromatic carbocycles. The number of aromatic nitrogens is 2. The van der Waals surface area contributed by atoms with Crippen molar-refractivity contribution in [1.82, 2.24) is 20.2 Å². The van der Waals surface area contributed by atoms with Gasteiger partial charge in [0.25, 0.3) is 0 Å². The Morgan fingerprint density at radius 3 is 2.77 bits per heavy atom. The lowest BCUT2D eigenvalue weighted by molar-refractivity contribution is -0.119. The summed E-state index contributed by atoms with van der Waals surface area (Å²) < 4.78 is 5.37. The Hall–Kier alpha value is -2.23. The minimum atomic E-state index is -0.858. The summed E-state index contributed by atoms with van der Waals surface area (Å²) in [5.41, 5.74) is 5.85. The van der Waals surface area contributed by atoms with E-state index in [1.807, 2.05) is 24.3 Å². The van der Waals surface area contributed by atoms with Crippen LogP contribution in [0.3, 0.4) is 0 Å². The fourth-order valence-corrected chi connectivity index (χ4v) is 3.62. The van der Waals surface area contributed by atoms with Gasteiger partial charge in [0.1, 0.15) is 10.9 Å². The number of hydrogen-bond donors (Lipinski definition) is 2. The first kappa shape index (κ1) is 18.6. The summed E-state index contributed by atoms with van der Waals surface area (Å²) in [7, 11) is 0. The maximum atomic E-state index is 12.0. The monoisotopic (exact) mass is 375 g/mol. The van der Waals surface area contributed by atoms with Crippen molar-refractivity contribution in [2.75, 3.05) is 26.3 Å². The number of fused-ring (bicyclic) bond motifs is 1. The van der Waals surface area contributed by atoms with Crippen LogP contribution in [0.15, 0.2) is 29.3 Å². The Balaban J connectivity index is 1.84. The van der Waals surface area contributed by atoms with Crippen LogP contribution in [-0.2, 0) is 16.1 Å². The number of thioether (sulfide) groups is 1. The fraction of sp³-hybridized carbons (Fsp3) is 0.412. The van der Waals surface area contributed by atoms with E-state index in [4.69, 9.17) is 10.5 Å². The number of para-hydroxylation sites is 1. The Morgan fingerprint density at radius 1 is 1.31 bits per heavy atom. The third kappa shape index (κ3) is 4.69. The number of morpholine rings is 1. The number of nitrogens with one attached hydrogen (secondary N) is 1. The smallest absolute Gasteiger partial charge is 0.318 e. The number of ether oxygens (including phenoxy) is 1. The largest absolute Gasteiger partial charge is 0.379 e. The number of carbonyl (C=O) groups excluding carboxylic acids is 2. The number of carbonyl (C=O) groups is 2. The summed E-state index contributed by atoms with van der Waals surface area (Å²) in [4.78, 5) is 34.5. The topological polar surface area (TPSA) is 110 Å². The number of nitrogens with two attached hydrogens (primary N) is 1. The molecule has 9 heteroatoms. The summed E-state index contributed by atoms with van der Waals surface area (Å²) in [6.45, 7) is 5.44. The lowest BCUT2D eigenvalue weighted by Gasteiger charge is -2.26. The third-order valence-electron chi connectivity index (χ3n) is 3.99. The van der Waals surface area contributed by atoms with Crippen molar-refractivity contribution in [3.05, 3.63) is 30.1 Å². The second kappa shape index (κ2) is 8.43. The van der Waals surface area contributed by atoms with Crippen LogP contribution in [-0.4, -0.2) is 58.4 Å². The third-order valence-corrected chi connectivity index (χ3v) is 5.09. The molecule has 2 aromatic rings. The molecule has 0 bridgehead atoms. The maximum Gasteiger partial charge on any atom is 0.318 e. The van der Waals surface area contributed by atoms with E-state index in [2.05, 4.69) is 20.2 Å². The van der Waals surface area contributed by atoms with E-state index in [9.17, 15) is 9.59 Å². The van der Waals surface area contributed by atoms with E-state index < -0.39 is 17.2 Å². The number of hydrogen-bond acceptors (Lipinski definition) is 7. The molecular formula is C17H21N5O3S. The molecule has 8 nitrogen and oxygen atoms in total. The highest BCUT2D eigenvalue weighted by atomic mass is 32.2. The number of benzene rings is 1. The van der Waals surface area contributed by atoms with E-state index in [1.165, 1.54) is 11.8 Å². The van der Waals surface area contributed by atoms with Crippen LogP contribution in [0.5, 0.6) is 0 Å². The van der Waals surface area contributed by atoms with Gasteiger partial charge in [0.05, 0.1) is 30.5 Å². The molecule has 1 saturated heterocycles. The molecule has 3 rings (SSSR count). The fourth-order valence-electron chi connectivity index (χ4n) is 2.66. The van der Waals surface area contributed by atoms with E-state index in [0.29, 0.717) is 30.6 Å². The molecule has 26 heavy (non-hydrogen) atoms. The number of nitrogens with zero attached hydrogens (tertiary/aromatic N) is 3. The zero-order chi connectivity index (χ0) is 18.5. The predicted molar refractivity (Wildman–Crippen MR) is 98.7 cm³/mol. The molecule has 138 valence electrons. The molecule has 1 aliphatic rings. The Morgan fingerprint density at radius 2 is 2.04 bits per heavy atom. The summed E-state index contributed by atoms with van der Waals surface area (Å²) in [6.07, 6.45) is 0. The normalized spacial score (nSPS) is 16.3. The van der Waals surface area contributed by atoms with Gasteiger partial charge < -0.3 is 10.5 Å². The summed E-state index contributed by atoms with van der Waals surface area (Å²) >= 11 is 1.29. The Labute approximate surface area is 155 Å². The number of amides is 3. The highest BCUT2D eigenvalue weighted by Gasteiger charge is 2.20. The molecule has 2 heterocycles. The molecule has 1 aromatic heterocycles. The van der Waals surface area contributed by atoms with Crippen molar-refractivity contribution < 1.29 is 14.3 Å². The van der Waals surface area contributed by atoms with E-state index in [1.54, 1.807) is 6.92 Å². The van der Waals surface area contributed by atoms with Crippen molar-refractivity contribution in [3.8, 4) is 0 Å². The van der Waals surface area contributed by atoms with Gasteiger partial charge in [-0.1, -0.05) is 30.0 Å². The van der Waals surface area contributed by atoms with E-state index in [0.717, 1.165) is 24.0 Å². The summed E-state index contributed by atoms with van der Waals surface area (Å²) in [5.74, 6) is 0.260. The van der Waals surface area contributed by atoms with Gasteiger partial charge in [0, 0.05) is 18.5 Å². The first-order valence-corrected chi connectivity index (χ1v) is 9.23. The second-order valence-corrected chi connectivity index (χ2v) is 7.29. The molecule has 3 N–H and O–H groups in total. The van der Waals surface area contributed by atoms with Crippen molar-refractivity contribution in [3.63, 3.8) is 0 Å². The molecular weight excluding hydrogens is 354 g/mol. The van der Waals surface area contributed by atoms with Crippen molar-refractivity contribution >= 4 is 34.6 Å². The SMILES string of the molecule is CC(Sc1nc(CN2CCOCC2)nc2ccccc12)C(=O)NC(N)=O. The summed E-state index contributed by atoms with van der Waals surface area (Å²) in [6, 6.07) is 6.83. The van der Waals surface area contributed by atoms with Crippen LogP contribution in [0, 0.1) is 0 Å². The minimum absolute atomic E-state index is 0.445.